The Bertz CT molecular complexity index is 961. The van der Waals surface area contributed by atoms with Crippen LogP contribution < -0.4 is 19.5 Å². The van der Waals surface area contributed by atoms with Crippen LogP contribution in [-0.2, 0) is 27.8 Å². The first kappa shape index (κ1) is 24.5. The molecule has 1 N–H and O–H groups in total. The first-order chi connectivity index (χ1) is 14.8. The average molecular weight is 451 g/mol. The summed E-state index contributed by atoms with van der Waals surface area (Å²) in [6.07, 6.45) is 0.130. The maximum atomic E-state index is 12.6. The number of nitrogens with one attached hydrogen (secondary N) is 1. The minimum Gasteiger partial charge on any atom is -0.493 e. The number of ether oxygens (including phenoxy) is 3. The lowest BCUT2D eigenvalue weighted by Crippen LogP contribution is -2.30. The van der Waals surface area contributed by atoms with Crippen molar-refractivity contribution < 1.29 is 27.4 Å². The Hall–Kier alpha value is -2.78. The molecule has 31 heavy (non-hydrogen) atoms. The number of carbonyl (C=O) groups excluding carboxylic acids is 1. The van der Waals surface area contributed by atoms with Crippen molar-refractivity contribution >= 4 is 15.9 Å². The molecular formula is C22H30N2O6S. The molecule has 2 aromatic rings. The molecule has 0 radical (unpaired) electrons. The highest BCUT2D eigenvalue weighted by Gasteiger charge is 2.21. The summed E-state index contributed by atoms with van der Waals surface area (Å²) in [6, 6.07) is 10.00. The van der Waals surface area contributed by atoms with Gasteiger partial charge in [0.25, 0.3) is 0 Å². The van der Waals surface area contributed by atoms with Crippen LogP contribution in [0.5, 0.6) is 17.2 Å². The van der Waals surface area contributed by atoms with Crippen LogP contribution >= 0.6 is 0 Å². The fourth-order valence-corrected chi connectivity index (χ4v) is 4.64. The summed E-state index contributed by atoms with van der Waals surface area (Å²) in [5.74, 6) is 1.24. The third kappa shape index (κ3) is 5.89. The second-order valence-electron chi connectivity index (χ2n) is 6.72. The van der Waals surface area contributed by atoms with Gasteiger partial charge >= 0.3 is 0 Å². The average Bonchev–Trinajstić information content (AvgIpc) is 2.77. The van der Waals surface area contributed by atoms with Gasteiger partial charge < -0.3 is 19.5 Å². The van der Waals surface area contributed by atoms with Crippen LogP contribution in [0.4, 0.5) is 0 Å². The van der Waals surface area contributed by atoms with E-state index in [4.69, 9.17) is 14.2 Å². The van der Waals surface area contributed by atoms with Gasteiger partial charge in [0, 0.05) is 19.6 Å². The number of carbonyl (C=O) groups is 1. The molecule has 0 fully saturated rings. The Balaban J connectivity index is 2.04. The lowest BCUT2D eigenvalue weighted by atomic mass is 10.1. The Morgan fingerprint density at radius 2 is 1.45 bits per heavy atom. The monoisotopic (exact) mass is 450 g/mol. The highest BCUT2D eigenvalue weighted by Crippen LogP contribution is 2.38. The van der Waals surface area contributed by atoms with Gasteiger partial charge in [-0.15, -0.1) is 0 Å². The molecule has 0 aliphatic rings. The van der Waals surface area contributed by atoms with E-state index in [0.29, 0.717) is 35.9 Å². The van der Waals surface area contributed by atoms with Crippen LogP contribution in [0.3, 0.4) is 0 Å². The fraction of sp³-hybridized carbons (Fsp3) is 0.409. The molecule has 0 saturated carbocycles. The van der Waals surface area contributed by atoms with E-state index < -0.39 is 10.0 Å². The second kappa shape index (κ2) is 11.0. The van der Waals surface area contributed by atoms with Crippen LogP contribution in [0.1, 0.15) is 25.0 Å². The molecule has 2 rings (SSSR count). The van der Waals surface area contributed by atoms with Gasteiger partial charge in [-0.05, 0) is 35.4 Å². The zero-order valence-corrected chi connectivity index (χ0v) is 19.4. The summed E-state index contributed by atoms with van der Waals surface area (Å²) < 4.78 is 42.4. The van der Waals surface area contributed by atoms with Crippen LogP contribution in [0.15, 0.2) is 41.3 Å². The molecule has 0 saturated heterocycles. The van der Waals surface area contributed by atoms with E-state index in [2.05, 4.69) is 5.32 Å². The number of methoxy groups -OCH3 is 3. The van der Waals surface area contributed by atoms with E-state index in [-0.39, 0.29) is 23.8 Å². The molecule has 1 amide bonds. The predicted octanol–water partition coefficient (Wildman–Crippen LogP) is 2.60. The Labute approximate surface area is 184 Å². The first-order valence-electron chi connectivity index (χ1n) is 9.95. The number of hydrogen-bond acceptors (Lipinski definition) is 6. The Morgan fingerprint density at radius 1 is 0.903 bits per heavy atom. The molecule has 0 aromatic heterocycles. The minimum absolute atomic E-state index is 0.130. The second-order valence-corrected chi connectivity index (χ2v) is 8.66. The van der Waals surface area contributed by atoms with Crippen molar-refractivity contribution in [3.8, 4) is 17.2 Å². The van der Waals surface area contributed by atoms with Crippen molar-refractivity contribution in [3.63, 3.8) is 0 Å². The van der Waals surface area contributed by atoms with Gasteiger partial charge in [-0.2, -0.15) is 4.31 Å². The zero-order chi connectivity index (χ0) is 23.0. The smallest absolute Gasteiger partial charge is 0.243 e. The minimum atomic E-state index is -3.50. The molecule has 0 aliphatic heterocycles. The van der Waals surface area contributed by atoms with Gasteiger partial charge in [-0.25, -0.2) is 8.42 Å². The zero-order valence-electron chi connectivity index (χ0n) is 18.6. The van der Waals surface area contributed by atoms with Crippen molar-refractivity contribution in [1.29, 1.82) is 0 Å². The maximum Gasteiger partial charge on any atom is 0.243 e. The molecule has 0 aliphatic carbocycles. The lowest BCUT2D eigenvalue weighted by molar-refractivity contribution is -0.120. The van der Waals surface area contributed by atoms with Gasteiger partial charge in [0.05, 0.1) is 32.6 Å². The number of benzene rings is 2. The summed E-state index contributed by atoms with van der Waals surface area (Å²) in [5.41, 5.74) is 1.52. The highest BCUT2D eigenvalue weighted by atomic mass is 32.2. The van der Waals surface area contributed by atoms with E-state index in [0.717, 1.165) is 5.56 Å². The summed E-state index contributed by atoms with van der Waals surface area (Å²) >= 11 is 0. The third-order valence-corrected chi connectivity index (χ3v) is 6.91. The van der Waals surface area contributed by atoms with E-state index in [9.17, 15) is 13.2 Å². The lowest BCUT2D eigenvalue weighted by Gasteiger charge is -2.18. The van der Waals surface area contributed by atoms with Crippen LogP contribution in [0.25, 0.3) is 0 Å². The summed E-state index contributed by atoms with van der Waals surface area (Å²) in [4.78, 5) is 12.6. The Morgan fingerprint density at radius 3 is 1.90 bits per heavy atom. The molecular weight excluding hydrogens is 420 g/mol. The van der Waals surface area contributed by atoms with Crippen molar-refractivity contribution in [2.24, 2.45) is 0 Å². The highest BCUT2D eigenvalue weighted by molar-refractivity contribution is 7.89. The summed E-state index contributed by atoms with van der Waals surface area (Å²) in [5, 5.41) is 2.84. The number of hydrogen-bond donors (Lipinski definition) is 1. The molecule has 2 aromatic carbocycles. The SMILES string of the molecule is CCN(CC)S(=O)(=O)c1ccc(CNC(=O)Cc2cc(OC)c(OC)c(OC)c2)cc1. The van der Waals surface area contributed by atoms with Crippen LogP contribution in [0, 0.1) is 0 Å². The van der Waals surface area contributed by atoms with Gasteiger partial charge in [-0.3, -0.25) is 4.79 Å². The van der Waals surface area contributed by atoms with Crippen molar-refractivity contribution in [2.75, 3.05) is 34.4 Å². The first-order valence-corrected chi connectivity index (χ1v) is 11.4. The van der Waals surface area contributed by atoms with Crippen LogP contribution in [0.2, 0.25) is 0 Å². The number of sulfonamides is 1. The van der Waals surface area contributed by atoms with Crippen LogP contribution in [-0.4, -0.2) is 53.0 Å². The van der Waals surface area contributed by atoms with E-state index >= 15 is 0 Å². The van der Waals surface area contributed by atoms with E-state index in [1.807, 2.05) is 0 Å². The number of amides is 1. The van der Waals surface area contributed by atoms with E-state index in [1.54, 1.807) is 50.2 Å². The quantitative estimate of drug-likeness (QED) is 0.566. The van der Waals surface area contributed by atoms with E-state index in [1.165, 1.54) is 25.6 Å². The third-order valence-electron chi connectivity index (χ3n) is 4.85. The van der Waals surface area contributed by atoms with Gasteiger partial charge in [0.2, 0.25) is 21.7 Å². The molecule has 0 unspecified atom stereocenters. The maximum absolute atomic E-state index is 12.6. The molecule has 0 bridgehead atoms. The van der Waals surface area contributed by atoms with Gasteiger partial charge in [-0.1, -0.05) is 26.0 Å². The topological polar surface area (TPSA) is 94.2 Å². The number of nitrogens with zero attached hydrogens (tertiary/aromatic N) is 1. The Kier molecular flexibility index (Phi) is 8.70. The largest absolute Gasteiger partial charge is 0.493 e. The molecule has 170 valence electrons. The number of rotatable bonds is 11. The van der Waals surface area contributed by atoms with Crippen molar-refractivity contribution in [2.45, 2.75) is 31.7 Å². The van der Waals surface area contributed by atoms with Crippen molar-refractivity contribution in [1.82, 2.24) is 9.62 Å². The predicted molar refractivity (Wildman–Crippen MR) is 118 cm³/mol. The van der Waals surface area contributed by atoms with Gasteiger partial charge in [0.15, 0.2) is 11.5 Å². The molecule has 0 spiro atoms. The molecule has 9 heteroatoms. The molecule has 0 atom stereocenters. The molecule has 0 heterocycles. The normalized spacial score (nSPS) is 11.3. The fourth-order valence-electron chi connectivity index (χ4n) is 3.18. The summed E-state index contributed by atoms with van der Waals surface area (Å²) in [6.45, 7) is 4.72. The van der Waals surface area contributed by atoms with Crippen molar-refractivity contribution in [3.05, 3.63) is 47.5 Å². The summed E-state index contributed by atoms with van der Waals surface area (Å²) in [7, 11) is 1.06. The van der Waals surface area contributed by atoms with Gasteiger partial charge in [0.1, 0.15) is 0 Å². The standard InChI is InChI=1S/C22H30N2O6S/c1-6-24(7-2)31(26,27)18-10-8-16(9-11-18)15-23-21(25)14-17-12-19(28-3)22(30-5)20(13-17)29-4/h8-13H,6-7,14-15H2,1-5H3,(H,23,25). The molecule has 8 nitrogen and oxygen atoms in total.